The molecule has 0 radical (unpaired) electrons. The third-order valence-corrected chi connectivity index (χ3v) is 7.33. The van der Waals surface area contributed by atoms with Crippen LogP contribution in [0.25, 0.3) is 0 Å². The smallest absolute Gasteiger partial charge is 0.252 e. The zero-order valence-electron chi connectivity index (χ0n) is 12.3. The third kappa shape index (κ3) is 3.19. The Labute approximate surface area is 134 Å². The molecule has 0 bridgehead atoms. The standard InChI is InChI=1S/C14H20N2O4S2/c17-14(12-4-1-10-20-12)15-6-3-7-16(9-8-15)22(18,19)13-5-2-11-21-13/h2,5,11-12H,1,3-4,6-10H2. The summed E-state index contributed by atoms with van der Waals surface area (Å²) < 4.78 is 32.4. The van der Waals surface area contributed by atoms with Crippen LogP contribution in [-0.4, -0.2) is 62.4 Å². The Balaban J connectivity index is 1.66. The van der Waals surface area contributed by atoms with Crippen molar-refractivity contribution in [2.45, 2.75) is 29.6 Å². The van der Waals surface area contributed by atoms with E-state index in [9.17, 15) is 13.2 Å². The summed E-state index contributed by atoms with van der Waals surface area (Å²) in [6, 6.07) is 3.36. The fourth-order valence-electron chi connectivity index (χ4n) is 2.87. The van der Waals surface area contributed by atoms with Crippen LogP contribution in [0.1, 0.15) is 19.3 Å². The van der Waals surface area contributed by atoms with Crippen LogP contribution < -0.4 is 0 Å². The summed E-state index contributed by atoms with van der Waals surface area (Å²) in [6.45, 7) is 2.47. The highest BCUT2D eigenvalue weighted by atomic mass is 32.2. The molecule has 6 nitrogen and oxygen atoms in total. The molecule has 2 fully saturated rings. The summed E-state index contributed by atoms with van der Waals surface area (Å²) in [5, 5.41) is 1.76. The van der Waals surface area contributed by atoms with Crippen molar-refractivity contribution in [3.8, 4) is 0 Å². The molecule has 0 aromatic carbocycles. The molecule has 1 aromatic rings. The molecule has 0 N–H and O–H groups in total. The van der Waals surface area contributed by atoms with Crippen LogP contribution in [0.2, 0.25) is 0 Å². The van der Waals surface area contributed by atoms with E-state index in [1.807, 2.05) is 0 Å². The van der Waals surface area contributed by atoms with Crippen LogP contribution in [0.15, 0.2) is 21.7 Å². The van der Waals surface area contributed by atoms with Gasteiger partial charge in [-0.05, 0) is 30.7 Å². The highest BCUT2D eigenvalue weighted by Crippen LogP contribution is 2.23. The monoisotopic (exact) mass is 344 g/mol. The van der Waals surface area contributed by atoms with Crippen LogP contribution in [0, 0.1) is 0 Å². The molecule has 1 amide bonds. The lowest BCUT2D eigenvalue weighted by Crippen LogP contribution is -2.41. The summed E-state index contributed by atoms with van der Waals surface area (Å²) in [5.41, 5.74) is 0. The second-order valence-electron chi connectivity index (χ2n) is 5.52. The van der Waals surface area contributed by atoms with E-state index in [0.29, 0.717) is 43.4 Å². The number of sulfonamides is 1. The maximum atomic E-state index is 12.5. The van der Waals surface area contributed by atoms with Gasteiger partial charge in [-0.2, -0.15) is 4.31 Å². The molecule has 0 aliphatic carbocycles. The second-order valence-corrected chi connectivity index (χ2v) is 8.63. The van der Waals surface area contributed by atoms with Crippen molar-refractivity contribution in [1.82, 2.24) is 9.21 Å². The van der Waals surface area contributed by atoms with E-state index in [4.69, 9.17) is 4.74 Å². The van der Waals surface area contributed by atoms with E-state index in [1.54, 1.807) is 22.4 Å². The topological polar surface area (TPSA) is 66.9 Å². The van der Waals surface area contributed by atoms with Gasteiger partial charge in [0.2, 0.25) is 0 Å². The first kappa shape index (κ1) is 15.9. The fourth-order valence-corrected chi connectivity index (χ4v) is 5.48. The average Bonchev–Trinajstić information content (AvgIpc) is 3.16. The van der Waals surface area contributed by atoms with Crippen molar-refractivity contribution in [3.63, 3.8) is 0 Å². The third-order valence-electron chi connectivity index (χ3n) is 4.06. The molecule has 0 spiro atoms. The number of hydrogen-bond acceptors (Lipinski definition) is 5. The highest BCUT2D eigenvalue weighted by Gasteiger charge is 2.32. The SMILES string of the molecule is O=C(C1CCCO1)N1CCCN(S(=O)(=O)c2cccs2)CC1. The number of thiophene rings is 1. The molecule has 2 saturated heterocycles. The number of carbonyl (C=O) groups excluding carboxylic acids is 1. The maximum Gasteiger partial charge on any atom is 0.252 e. The van der Waals surface area contributed by atoms with Crippen LogP contribution in [-0.2, 0) is 19.6 Å². The Morgan fingerprint density at radius 1 is 1.23 bits per heavy atom. The highest BCUT2D eigenvalue weighted by molar-refractivity contribution is 7.91. The largest absolute Gasteiger partial charge is 0.368 e. The van der Waals surface area contributed by atoms with E-state index in [1.165, 1.54) is 15.6 Å². The second kappa shape index (κ2) is 6.66. The van der Waals surface area contributed by atoms with Crippen molar-refractivity contribution in [1.29, 1.82) is 0 Å². The van der Waals surface area contributed by atoms with Gasteiger partial charge < -0.3 is 9.64 Å². The number of carbonyl (C=O) groups is 1. The Morgan fingerprint density at radius 2 is 2.09 bits per heavy atom. The molecule has 2 aliphatic heterocycles. The minimum Gasteiger partial charge on any atom is -0.368 e. The average molecular weight is 344 g/mol. The minimum atomic E-state index is -3.43. The van der Waals surface area contributed by atoms with Crippen LogP contribution >= 0.6 is 11.3 Å². The van der Waals surface area contributed by atoms with E-state index in [0.717, 1.165) is 12.8 Å². The maximum absolute atomic E-state index is 12.5. The lowest BCUT2D eigenvalue weighted by Gasteiger charge is -2.23. The number of rotatable bonds is 3. The molecule has 8 heteroatoms. The number of ether oxygens (including phenoxy) is 1. The predicted molar refractivity (Wildman–Crippen MR) is 83.2 cm³/mol. The lowest BCUT2D eigenvalue weighted by atomic mass is 10.2. The molecule has 1 atom stereocenters. The molecular formula is C14H20N2O4S2. The normalized spacial score (nSPS) is 24.4. The van der Waals surface area contributed by atoms with Crippen molar-refractivity contribution in [3.05, 3.63) is 17.5 Å². The predicted octanol–water partition coefficient (Wildman–Crippen LogP) is 1.15. The van der Waals surface area contributed by atoms with Crippen molar-refractivity contribution in [2.24, 2.45) is 0 Å². The molecule has 122 valence electrons. The van der Waals surface area contributed by atoms with Gasteiger partial charge in [0.15, 0.2) is 0 Å². The van der Waals surface area contributed by atoms with Crippen molar-refractivity contribution >= 4 is 27.3 Å². The molecule has 1 unspecified atom stereocenters. The van der Waals surface area contributed by atoms with Gasteiger partial charge in [-0.1, -0.05) is 6.07 Å². The fraction of sp³-hybridized carbons (Fsp3) is 0.643. The van der Waals surface area contributed by atoms with E-state index >= 15 is 0 Å². The quantitative estimate of drug-likeness (QED) is 0.825. The van der Waals surface area contributed by atoms with Crippen molar-refractivity contribution in [2.75, 3.05) is 32.8 Å². The zero-order chi connectivity index (χ0) is 15.6. The van der Waals surface area contributed by atoms with Crippen LogP contribution in [0.3, 0.4) is 0 Å². The van der Waals surface area contributed by atoms with Crippen LogP contribution in [0.5, 0.6) is 0 Å². The number of hydrogen-bond donors (Lipinski definition) is 0. The Hall–Kier alpha value is -0.960. The summed E-state index contributed by atoms with van der Waals surface area (Å²) in [7, 11) is -3.43. The molecule has 3 rings (SSSR count). The van der Waals surface area contributed by atoms with Crippen LogP contribution in [0.4, 0.5) is 0 Å². The van der Waals surface area contributed by atoms with Crippen molar-refractivity contribution < 1.29 is 17.9 Å². The van der Waals surface area contributed by atoms with Gasteiger partial charge in [-0.25, -0.2) is 8.42 Å². The number of nitrogens with zero attached hydrogens (tertiary/aromatic N) is 2. The first-order chi connectivity index (χ1) is 10.6. The van der Waals surface area contributed by atoms with E-state index in [-0.39, 0.29) is 12.0 Å². The van der Waals surface area contributed by atoms with Gasteiger partial charge in [0.05, 0.1) is 0 Å². The van der Waals surface area contributed by atoms with Gasteiger partial charge in [0, 0.05) is 32.8 Å². The first-order valence-electron chi connectivity index (χ1n) is 7.53. The van der Waals surface area contributed by atoms with Gasteiger partial charge in [-0.3, -0.25) is 4.79 Å². The minimum absolute atomic E-state index is 0.00729. The molecule has 2 aliphatic rings. The molecule has 1 aromatic heterocycles. The van der Waals surface area contributed by atoms with Gasteiger partial charge in [0.25, 0.3) is 15.9 Å². The van der Waals surface area contributed by atoms with Gasteiger partial charge in [-0.15, -0.1) is 11.3 Å². The first-order valence-corrected chi connectivity index (χ1v) is 9.85. The molecule has 0 saturated carbocycles. The van der Waals surface area contributed by atoms with Gasteiger partial charge in [0.1, 0.15) is 10.3 Å². The Kier molecular flexibility index (Phi) is 4.82. The summed E-state index contributed by atoms with van der Waals surface area (Å²) in [4.78, 5) is 14.1. The number of amides is 1. The Morgan fingerprint density at radius 3 is 2.77 bits per heavy atom. The van der Waals surface area contributed by atoms with Gasteiger partial charge >= 0.3 is 0 Å². The zero-order valence-corrected chi connectivity index (χ0v) is 13.9. The van der Waals surface area contributed by atoms with E-state index in [2.05, 4.69) is 0 Å². The lowest BCUT2D eigenvalue weighted by molar-refractivity contribution is -0.140. The molecular weight excluding hydrogens is 324 g/mol. The molecule has 3 heterocycles. The van der Waals surface area contributed by atoms with E-state index < -0.39 is 10.0 Å². The Bertz CT molecular complexity index is 609. The molecule has 22 heavy (non-hydrogen) atoms. The summed E-state index contributed by atoms with van der Waals surface area (Å²) in [5.74, 6) is 0.00729. The summed E-state index contributed by atoms with van der Waals surface area (Å²) >= 11 is 1.23. The summed E-state index contributed by atoms with van der Waals surface area (Å²) in [6.07, 6.45) is 2.01.